The van der Waals surface area contributed by atoms with Gasteiger partial charge in [-0.15, -0.1) is 0 Å². The molecule has 0 bridgehead atoms. The normalized spacial score (nSPS) is 18.5. The number of carbonyl (C=O) groups excluding carboxylic acids is 2. The van der Waals surface area contributed by atoms with Crippen LogP contribution in [-0.4, -0.2) is 24.4 Å². The summed E-state index contributed by atoms with van der Waals surface area (Å²) in [6.07, 6.45) is 2.95. The first kappa shape index (κ1) is 14.6. The predicted molar refractivity (Wildman–Crippen MR) is 86.4 cm³/mol. The van der Waals surface area contributed by atoms with Gasteiger partial charge in [0.1, 0.15) is 6.04 Å². The molecule has 4 heteroatoms. The first-order chi connectivity index (χ1) is 10.7. The highest BCUT2D eigenvalue weighted by Crippen LogP contribution is 2.16. The summed E-state index contributed by atoms with van der Waals surface area (Å²) >= 11 is 0. The molecule has 0 radical (unpaired) electrons. The molecule has 1 atom stereocenters. The van der Waals surface area contributed by atoms with Gasteiger partial charge in [0.05, 0.1) is 6.42 Å². The van der Waals surface area contributed by atoms with Crippen molar-refractivity contribution in [3.63, 3.8) is 0 Å². The van der Waals surface area contributed by atoms with Crippen molar-refractivity contribution < 1.29 is 9.59 Å². The van der Waals surface area contributed by atoms with Crippen molar-refractivity contribution in [3.8, 4) is 0 Å². The smallest absolute Gasteiger partial charge is 0.242 e. The lowest BCUT2D eigenvalue weighted by atomic mass is 10.0. The van der Waals surface area contributed by atoms with Crippen molar-refractivity contribution >= 4 is 22.6 Å². The standard InChI is InChI=1S/C18H20N2O2/c21-17(20-16-7-3-4-10-19-18(16)22)12-13-8-9-14-5-1-2-6-15(14)11-13/h1-2,5-6,8-9,11,16H,3-4,7,10,12H2,(H,19,22)(H,20,21). The summed E-state index contributed by atoms with van der Waals surface area (Å²) < 4.78 is 0. The number of hydrogen-bond acceptors (Lipinski definition) is 2. The van der Waals surface area contributed by atoms with E-state index in [1.54, 1.807) is 0 Å². The Morgan fingerprint density at radius 1 is 1.14 bits per heavy atom. The molecule has 2 N–H and O–H groups in total. The van der Waals surface area contributed by atoms with Crippen molar-refractivity contribution in [2.24, 2.45) is 0 Å². The third-order valence-corrected chi connectivity index (χ3v) is 4.05. The lowest BCUT2D eigenvalue weighted by Crippen LogP contribution is -2.45. The number of benzene rings is 2. The van der Waals surface area contributed by atoms with E-state index < -0.39 is 6.04 Å². The molecule has 1 aliphatic heterocycles. The summed E-state index contributed by atoms with van der Waals surface area (Å²) in [7, 11) is 0. The molecule has 2 amide bonds. The van der Waals surface area contributed by atoms with Crippen molar-refractivity contribution in [2.45, 2.75) is 31.7 Å². The van der Waals surface area contributed by atoms with Crippen LogP contribution in [0.2, 0.25) is 0 Å². The summed E-state index contributed by atoms with van der Waals surface area (Å²) in [6.45, 7) is 0.704. The van der Waals surface area contributed by atoms with Gasteiger partial charge in [0.2, 0.25) is 11.8 Å². The van der Waals surface area contributed by atoms with Gasteiger partial charge in [0.15, 0.2) is 0 Å². The van der Waals surface area contributed by atoms with Crippen LogP contribution in [0.15, 0.2) is 42.5 Å². The fourth-order valence-electron chi connectivity index (χ4n) is 2.86. The monoisotopic (exact) mass is 296 g/mol. The quantitative estimate of drug-likeness (QED) is 0.912. The molecule has 1 saturated heterocycles. The fraction of sp³-hybridized carbons (Fsp3) is 0.333. The minimum atomic E-state index is -0.393. The number of carbonyl (C=O) groups is 2. The third kappa shape index (κ3) is 3.45. The first-order valence-corrected chi connectivity index (χ1v) is 7.77. The lowest BCUT2D eigenvalue weighted by molar-refractivity contribution is -0.128. The Bertz CT molecular complexity index is 696. The van der Waals surface area contributed by atoms with E-state index >= 15 is 0 Å². The average Bonchev–Trinajstić information content (AvgIpc) is 2.72. The Kier molecular flexibility index (Phi) is 4.37. The number of amides is 2. The summed E-state index contributed by atoms with van der Waals surface area (Å²) in [6, 6.07) is 13.7. The van der Waals surface area contributed by atoms with Crippen LogP contribution in [0.3, 0.4) is 0 Å². The fourth-order valence-corrected chi connectivity index (χ4v) is 2.86. The van der Waals surface area contributed by atoms with Crippen molar-refractivity contribution in [1.82, 2.24) is 10.6 Å². The van der Waals surface area contributed by atoms with E-state index in [1.807, 2.05) is 36.4 Å². The Hall–Kier alpha value is -2.36. The van der Waals surface area contributed by atoms with Gasteiger partial charge < -0.3 is 10.6 Å². The van der Waals surface area contributed by atoms with Crippen LogP contribution in [0.4, 0.5) is 0 Å². The molecule has 22 heavy (non-hydrogen) atoms. The Balaban J connectivity index is 1.66. The number of rotatable bonds is 3. The van der Waals surface area contributed by atoms with E-state index in [4.69, 9.17) is 0 Å². The lowest BCUT2D eigenvalue weighted by Gasteiger charge is -2.15. The van der Waals surface area contributed by atoms with Gasteiger partial charge in [0, 0.05) is 6.54 Å². The summed E-state index contributed by atoms with van der Waals surface area (Å²) in [5.41, 5.74) is 0.963. The van der Waals surface area contributed by atoms with E-state index in [9.17, 15) is 9.59 Å². The Morgan fingerprint density at radius 2 is 1.95 bits per heavy atom. The van der Waals surface area contributed by atoms with E-state index in [0.29, 0.717) is 13.0 Å². The second kappa shape index (κ2) is 6.60. The zero-order chi connectivity index (χ0) is 15.4. The highest BCUT2D eigenvalue weighted by molar-refractivity contribution is 5.89. The molecule has 2 aromatic rings. The molecule has 3 rings (SSSR count). The van der Waals surface area contributed by atoms with E-state index in [0.717, 1.165) is 35.6 Å². The maximum atomic E-state index is 12.2. The van der Waals surface area contributed by atoms with Crippen molar-refractivity contribution in [1.29, 1.82) is 0 Å². The second-order valence-electron chi connectivity index (χ2n) is 5.77. The molecule has 2 aromatic carbocycles. The Morgan fingerprint density at radius 3 is 2.82 bits per heavy atom. The molecule has 4 nitrogen and oxygen atoms in total. The van der Waals surface area contributed by atoms with Crippen LogP contribution in [-0.2, 0) is 16.0 Å². The van der Waals surface area contributed by atoms with Crippen molar-refractivity contribution in [3.05, 3.63) is 48.0 Å². The highest BCUT2D eigenvalue weighted by Gasteiger charge is 2.22. The SMILES string of the molecule is O=C(Cc1ccc2ccccc2c1)NC1CCCCNC1=O. The van der Waals surface area contributed by atoms with Gasteiger partial charge >= 0.3 is 0 Å². The van der Waals surface area contributed by atoms with Gasteiger partial charge in [-0.2, -0.15) is 0 Å². The maximum absolute atomic E-state index is 12.2. The molecule has 0 aromatic heterocycles. The Labute approximate surface area is 129 Å². The van der Waals surface area contributed by atoms with Gasteiger partial charge in [-0.3, -0.25) is 9.59 Å². The number of nitrogens with one attached hydrogen (secondary N) is 2. The molecular weight excluding hydrogens is 276 g/mol. The van der Waals surface area contributed by atoms with Gasteiger partial charge in [0.25, 0.3) is 0 Å². The summed E-state index contributed by atoms with van der Waals surface area (Å²) in [5.74, 6) is -0.165. The molecule has 1 heterocycles. The highest BCUT2D eigenvalue weighted by atomic mass is 16.2. The zero-order valence-corrected chi connectivity index (χ0v) is 12.5. The topological polar surface area (TPSA) is 58.2 Å². The van der Waals surface area contributed by atoms with Crippen LogP contribution in [0.1, 0.15) is 24.8 Å². The molecule has 1 fully saturated rings. The average molecular weight is 296 g/mol. The second-order valence-corrected chi connectivity index (χ2v) is 5.77. The first-order valence-electron chi connectivity index (χ1n) is 7.77. The zero-order valence-electron chi connectivity index (χ0n) is 12.5. The van der Waals surface area contributed by atoms with E-state index in [-0.39, 0.29) is 11.8 Å². The number of hydrogen-bond donors (Lipinski definition) is 2. The molecule has 0 spiro atoms. The van der Waals surface area contributed by atoms with Gasteiger partial charge in [-0.25, -0.2) is 0 Å². The molecule has 1 aliphatic rings. The molecule has 0 aliphatic carbocycles. The van der Waals surface area contributed by atoms with E-state index in [1.165, 1.54) is 0 Å². The molecule has 114 valence electrons. The third-order valence-electron chi connectivity index (χ3n) is 4.05. The largest absolute Gasteiger partial charge is 0.354 e. The predicted octanol–water partition coefficient (Wildman–Crippen LogP) is 2.17. The summed E-state index contributed by atoms with van der Waals surface area (Å²) in [5, 5.41) is 7.98. The van der Waals surface area contributed by atoms with Crippen molar-refractivity contribution in [2.75, 3.05) is 6.54 Å². The minimum Gasteiger partial charge on any atom is -0.354 e. The van der Waals surface area contributed by atoms with Gasteiger partial charge in [-0.1, -0.05) is 42.5 Å². The van der Waals surface area contributed by atoms with Crippen LogP contribution in [0.25, 0.3) is 10.8 Å². The van der Waals surface area contributed by atoms with Crippen LogP contribution in [0.5, 0.6) is 0 Å². The van der Waals surface area contributed by atoms with Crippen LogP contribution >= 0.6 is 0 Å². The molecule has 0 saturated carbocycles. The molecular formula is C18H20N2O2. The van der Waals surface area contributed by atoms with Gasteiger partial charge in [-0.05, 0) is 35.6 Å². The maximum Gasteiger partial charge on any atom is 0.242 e. The summed E-state index contributed by atoms with van der Waals surface area (Å²) in [4.78, 5) is 24.0. The van der Waals surface area contributed by atoms with E-state index in [2.05, 4.69) is 16.7 Å². The number of fused-ring (bicyclic) bond motifs is 1. The van der Waals surface area contributed by atoms with Crippen LogP contribution in [0, 0.1) is 0 Å². The minimum absolute atomic E-state index is 0.0654. The van der Waals surface area contributed by atoms with Crippen LogP contribution < -0.4 is 10.6 Å². The molecule has 1 unspecified atom stereocenters.